The van der Waals surface area contributed by atoms with Crippen LogP contribution in [0, 0.1) is 0 Å². The maximum Gasteiger partial charge on any atom is 0.277 e. The van der Waals surface area contributed by atoms with Crippen molar-refractivity contribution >= 4 is 23.2 Å². The van der Waals surface area contributed by atoms with E-state index >= 15 is 0 Å². The van der Waals surface area contributed by atoms with Gasteiger partial charge in [-0.15, -0.1) is 0 Å². The Balaban J connectivity index is 1.93. The number of likely N-dealkylation sites (N-methyl/N-ethyl adjacent to an activating group) is 1. The molecule has 0 unspecified atom stereocenters. The lowest BCUT2D eigenvalue weighted by molar-refractivity contribution is -0.116. The fraction of sp³-hybridized carbons (Fsp3) is 0.353. The molecule has 7 nitrogen and oxygen atoms in total. The molecule has 2 amide bonds. The van der Waals surface area contributed by atoms with E-state index in [0.717, 1.165) is 12.8 Å². The molecular weight excluding hydrogens is 308 g/mol. The van der Waals surface area contributed by atoms with Crippen LogP contribution in [0.1, 0.15) is 29.6 Å². The lowest BCUT2D eigenvalue weighted by atomic mass is 10.2. The minimum absolute atomic E-state index is 0.0946. The zero-order valence-electron chi connectivity index (χ0n) is 14.1. The second-order valence-corrected chi connectivity index (χ2v) is 5.75. The Kier molecular flexibility index (Phi) is 6.08. The predicted octanol–water partition coefficient (Wildman–Crippen LogP) is 2.38. The first-order chi connectivity index (χ1) is 11.5. The number of anilines is 2. The van der Waals surface area contributed by atoms with Gasteiger partial charge in [-0.1, -0.05) is 12.1 Å². The van der Waals surface area contributed by atoms with Crippen molar-refractivity contribution in [2.75, 3.05) is 31.3 Å². The summed E-state index contributed by atoms with van der Waals surface area (Å²) in [5, 5.41) is 9.29. The molecule has 1 heterocycles. The van der Waals surface area contributed by atoms with Crippen molar-refractivity contribution in [3.05, 3.63) is 41.8 Å². The van der Waals surface area contributed by atoms with Crippen LogP contribution in [0.5, 0.6) is 0 Å². The quantitative estimate of drug-likeness (QED) is 0.814. The monoisotopic (exact) mass is 330 g/mol. The van der Waals surface area contributed by atoms with Gasteiger partial charge in [-0.3, -0.25) is 9.59 Å². The maximum absolute atomic E-state index is 12.1. The van der Waals surface area contributed by atoms with Crippen LogP contribution in [0.3, 0.4) is 0 Å². The lowest BCUT2D eigenvalue weighted by Crippen LogP contribution is -2.27. The Morgan fingerprint density at radius 3 is 2.33 bits per heavy atom. The number of amides is 2. The summed E-state index contributed by atoms with van der Waals surface area (Å²) in [6.45, 7) is 2.34. The van der Waals surface area contributed by atoms with E-state index in [9.17, 15) is 9.59 Å². The predicted molar refractivity (Wildman–Crippen MR) is 92.1 cm³/mol. The highest BCUT2D eigenvalue weighted by Gasteiger charge is 2.12. The van der Waals surface area contributed by atoms with Crippen molar-refractivity contribution in [2.45, 2.75) is 19.8 Å². The standard InChI is InChI=1S/C17H22N4O3/c1-4-5-14-10-15(20-24-14)17(23)19-13-8-6-12(7-9-13)18-16(22)11-21(2)3/h6-10H,4-5,11H2,1-3H3,(H,18,22)(H,19,23). The van der Waals surface area contributed by atoms with E-state index in [4.69, 9.17) is 4.52 Å². The molecule has 128 valence electrons. The average Bonchev–Trinajstić information content (AvgIpc) is 2.97. The minimum Gasteiger partial charge on any atom is -0.361 e. The van der Waals surface area contributed by atoms with Crippen LogP contribution in [0.4, 0.5) is 11.4 Å². The van der Waals surface area contributed by atoms with Gasteiger partial charge < -0.3 is 20.1 Å². The minimum atomic E-state index is -0.328. The molecule has 2 aromatic rings. The Hall–Kier alpha value is -2.67. The van der Waals surface area contributed by atoms with E-state index in [2.05, 4.69) is 15.8 Å². The van der Waals surface area contributed by atoms with Crippen LogP contribution in [-0.4, -0.2) is 42.5 Å². The highest BCUT2D eigenvalue weighted by Crippen LogP contribution is 2.15. The number of carbonyl (C=O) groups is 2. The summed E-state index contributed by atoms with van der Waals surface area (Å²) in [4.78, 5) is 25.6. The molecule has 1 aromatic carbocycles. The van der Waals surface area contributed by atoms with E-state index in [0.29, 0.717) is 23.7 Å². The topological polar surface area (TPSA) is 87.5 Å². The summed E-state index contributed by atoms with van der Waals surface area (Å²) < 4.78 is 5.10. The van der Waals surface area contributed by atoms with Gasteiger partial charge in [0.2, 0.25) is 5.91 Å². The number of aromatic nitrogens is 1. The van der Waals surface area contributed by atoms with Gasteiger partial charge >= 0.3 is 0 Å². The second kappa shape index (κ2) is 8.26. The molecule has 0 saturated carbocycles. The number of rotatable bonds is 7. The number of hydrogen-bond acceptors (Lipinski definition) is 5. The van der Waals surface area contributed by atoms with Gasteiger partial charge in [0, 0.05) is 23.9 Å². The fourth-order valence-corrected chi connectivity index (χ4v) is 2.10. The number of hydrogen-bond donors (Lipinski definition) is 2. The number of benzene rings is 1. The maximum atomic E-state index is 12.1. The van der Waals surface area contributed by atoms with Crippen molar-refractivity contribution in [2.24, 2.45) is 0 Å². The summed E-state index contributed by atoms with van der Waals surface area (Å²) in [6.07, 6.45) is 1.68. The van der Waals surface area contributed by atoms with Crippen molar-refractivity contribution in [3.8, 4) is 0 Å². The van der Waals surface area contributed by atoms with Crippen molar-refractivity contribution < 1.29 is 14.1 Å². The summed E-state index contributed by atoms with van der Waals surface area (Å²) in [5.74, 6) is 0.273. The first-order valence-corrected chi connectivity index (χ1v) is 7.79. The second-order valence-electron chi connectivity index (χ2n) is 5.75. The molecule has 0 aliphatic rings. The third kappa shape index (κ3) is 5.20. The van der Waals surface area contributed by atoms with Gasteiger partial charge in [-0.25, -0.2) is 0 Å². The van der Waals surface area contributed by atoms with Gasteiger partial charge in [-0.05, 0) is 44.8 Å². The summed E-state index contributed by atoms with van der Waals surface area (Å²) in [6, 6.07) is 8.55. The van der Waals surface area contributed by atoms with Gasteiger partial charge in [0.15, 0.2) is 5.69 Å². The van der Waals surface area contributed by atoms with Crippen molar-refractivity contribution in [1.29, 1.82) is 0 Å². The molecular formula is C17H22N4O3. The van der Waals surface area contributed by atoms with E-state index in [1.54, 1.807) is 35.2 Å². The van der Waals surface area contributed by atoms with Gasteiger partial charge in [0.1, 0.15) is 5.76 Å². The molecule has 1 aromatic heterocycles. The number of aryl methyl sites for hydroxylation is 1. The number of nitrogens with zero attached hydrogens (tertiary/aromatic N) is 2. The number of nitrogens with one attached hydrogen (secondary N) is 2. The molecule has 7 heteroatoms. The molecule has 0 radical (unpaired) electrons. The van der Waals surface area contributed by atoms with E-state index in [1.807, 2.05) is 21.0 Å². The third-order valence-electron chi connectivity index (χ3n) is 3.17. The fourth-order valence-electron chi connectivity index (χ4n) is 2.10. The molecule has 0 spiro atoms. The largest absolute Gasteiger partial charge is 0.361 e. The van der Waals surface area contributed by atoms with Crippen molar-refractivity contribution in [3.63, 3.8) is 0 Å². The van der Waals surface area contributed by atoms with Gasteiger partial charge in [0.05, 0.1) is 6.54 Å². The lowest BCUT2D eigenvalue weighted by Gasteiger charge is -2.10. The third-order valence-corrected chi connectivity index (χ3v) is 3.17. The van der Waals surface area contributed by atoms with Crippen molar-refractivity contribution in [1.82, 2.24) is 10.1 Å². The Labute approximate surface area is 141 Å². The van der Waals surface area contributed by atoms with E-state index < -0.39 is 0 Å². The van der Waals surface area contributed by atoms with Gasteiger partial charge in [-0.2, -0.15) is 0 Å². The van der Waals surface area contributed by atoms with E-state index in [1.165, 1.54) is 0 Å². The summed E-state index contributed by atoms with van der Waals surface area (Å²) in [7, 11) is 3.65. The molecule has 0 bridgehead atoms. The summed E-state index contributed by atoms with van der Waals surface area (Å²) >= 11 is 0. The molecule has 2 N–H and O–H groups in total. The Morgan fingerprint density at radius 2 is 1.75 bits per heavy atom. The zero-order chi connectivity index (χ0) is 17.5. The first kappa shape index (κ1) is 17.7. The van der Waals surface area contributed by atoms with E-state index in [-0.39, 0.29) is 17.5 Å². The SMILES string of the molecule is CCCc1cc(C(=O)Nc2ccc(NC(=O)CN(C)C)cc2)no1. The van der Waals surface area contributed by atoms with Crippen LogP contribution in [0.15, 0.2) is 34.9 Å². The molecule has 0 aliphatic carbocycles. The molecule has 24 heavy (non-hydrogen) atoms. The highest BCUT2D eigenvalue weighted by atomic mass is 16.5. The molecule has 0 saturated heterocycles. The zero-order valence-corrected chi connectivity index (χ0v) is 14.1. The first-order valence-electron chi connectivity index (χ1n) is 7.79. The normalized spacial score (nSPS) is 10.7. The number of carbonyl (C=O) groups excluding carboxylic acids is 2. The Morgan fingerprint density at radius 1 is 1.12 bits per heavy atom. The molecule has 0 aliphatic heterocycles. The van der Waals surface area contributed by atoms with Crippen LogP contribution in [0.2, 0.25) is 0 Å². The molecule has 0 fully saturated rings. The van der Waals surface area contributed by atoms with Crippen LogP contribution >= 0.6 is 0 Å². The smallest absolute Gasteiger partial charge is 0.277 e. The van der Waals surface area contributed by atoms with Crippen LogP contribution < -0.4 is 10.6 Å². The van der Waals surface area contributed by atoms with Crippen LogP contribution in [-0.2, 0) is 11.2 Å². The average molecular weight is 330 g/mol. The highest BCUT2D eigenvalue weighted by molar-refractivity contribution is 6.03. The van der Waals surface area contributed by atoms with Crippen LogP contribution in [0.25, 0.3) is 0 Å². The summed E-state index contributed by atoms with van der Waals surface area (Å²) in [5.41, 5.74) is 1.54. The molecule has 0 atom stereocenters. The molecule has 2 rings (SSSR count). The Bertz CT molecular complexity index is 692. The van der Waals surface area contributed by atoms with Gasteiger partial charge in [0.25, 0.3) is 5.91 Å².